The summed E-state index contributed by atoms with van der Waals surface area (Å²) in [5.41, 5.74) is 3.05. The molecule has 2 aliphatic heterocycles. The van der Waals surface area contributed by atoms with E-state index in [-0.39, 0.29) is 24.6 Å². The first kappa shape index (κ1) is 39.9. The predicted octanol–water partition coefficient (Wildman–Crippen LogP) is 2.86. The van der Waals surface area contributed by atoms with Crippen molar-refractivity contribution in [3.63, 3.8) is 0 Å². The summed E-state index contributed by atoms with van der Waals surface area (Å²) in [6.07, 6.45) is 4.25. The normalized spacial score (nSPS) is 12.8. The van der Waals surface area contributed by atoms with E-state index in [4.69, 9.17) is 18.9 Å². The minimum Gasteiger partial charge on any atom is -0.462 e. The Hall–Kier alpha value is -6.32. The molecule has 0 bridgehead atoms. The first-order chi connectivity index (χ1) is 26.2. The first-order valence-electron chi connectivity index (χ1n) is 17.7. The van der Waals surface area contributed by atoms with Crippen LogP contribution in [0.15, 0.2) is 70.8 Å². The Morgan fingerprint density at radius 1 is 0.745 bits per heavy atom. The van der Waals surface area contributed by atoms with Crippen LogP contribution in [0.4, 0.5) is 0 Å². The van der Waals surface area contributed by atoms with E-state index < -0.39 is 60.0 Å². The van der Waals surface area contributed by atoms with E-state index in [2.05, 4.69) is 15.0 Å². The van der Waals surface area contributed by atoms with Crippen LogP contribution >= 0.6 is 0 Å². The zero-order valence-electron chi connectivity index (χ0n) is 31.5. The molecule has 0 radical (unpaired) electrons. The molecule has 16 nitrogen and oxygen atoms in total. The summed E-state index contributed by atoms with van der Waals surface area (Å²) in [7, 11) is 0. The summed E-state index contributed by atoms with van der Waals surface area (Å²) >= 11 is 0. The van der Waals surface area contributed by atoms with Gasteiger partial charge in [-0.05, 0) is 66.8 Å². The number of carbonyl (C=O) groups is 4. The fraction of sp³-hybridized carbons (Fsp3) is 0.385. The van der Waals surface area contributed by atoms with Crippen LogP contribution in [-0.4, -0.2) is 72.9 Å². The SMILES string of the molecule is CC(=O)OCC(OC(C)=O)C(OC(C)=O)C(Cn1c2nc(=O)n(CCCC[n+]3ccc(-c4ccncc4)cc3)c(=O)c-2nc2cc(C)c(C)cc21)OC(C)=O. The van der Waals surface area contributed by atoms with E-state index in [0.717, 1.165) is 54.5 Å². The number of hydrogen-bond donors (Lipinski definition) is 0. The van der Waals surface area contributed by atoms with Crippen molar-refractivity contribution in [1.82, 2.24) is 24.1 Å². The number of ether oxygens (including phenoxy) is 4. The van der Waals surface area contributed by atoms with Crippen molar-refractivity contribution in [3.8, 4) is 22.6 Å². The highest BCUT2D eigenvalue weighted by molar-refractivity contribution is 5.81. The van der Waals surface area contributed by atoms with Gasteiger partial charge in [-0.1, -0.05) is 0 Å². The van der Waals surface area contributed by atoms with E-state index in [9.17, 15) is 28.8 Å². The Morgan fingerprint density at radius 2 is 1.36 bits per heavy atom. The number of carbonyl (C=O) groups excluding carboxylic acids is 4. The van der Waals surface area contributed by atoms with Gasteiger partial charge in [0, 0.05) is 65.2 Å². The molecule has 16 heteroatoms. The fourth-order valence-electron chi connectivity index (χ4n) is 6.21. The molecule has 0 fully saturated rings. The molecule has 2 aliphatic rings. The highest BCUT2D eigenvalue weighted by Crippen LogP contribution is 2.27. The molecule has 0 amide bonds. The van der Waals surface area contributed by atoms with Crippen molar-refractivity contribution < 1.29 is 42.7 Å². The zero-order valence-corrected chi connectivity index (χ0v) is 31.5. The maximum absolute atomic E-state index is 14.0. The van der Waals surface area contributed by atoms with Crippen molar-refractivity contribution in [2.24, 2.45) is 0 Å². The molecule has 4 heterocycles. The molecule has 2 aromatic heterocycles. The number of unbranched alkanes of at least 4 members (excludes halogenated alkanes) is 1. The lowest BCUT2D eigenvalue weighted by Gasteiger charge is -2.32. The van der Waals surface area contributed by atoms with Gasteiger partial charge in [-0.3, -0.25) is 33.5 Å². The van der Waals surface area contributed by atoms with Crippen LogP contribution in [-0.2, 0) is 57.8 Å². The van der Waals surface area contributed by atoms with Crippen molar-refractivity contribution >= 4 is 34.9 Å². The number of esters is 4. The molecule has 0 spiro atoms. The maximum Gasteiger partial charge on any atom is 0.352 e. The summed E-state index contributed by atoms with van der Waals surface area (Å²) in [5, 5.41) is 0. The van der Waals surface area contributed by atoms with E-state index >= 15 is 0 Å². The van der Waals surface area contributed by atoms with Gasteiger partial charge in [-0.2, -0.15) is 4.98 Å². The molecule has 3 aromatic rings. The minimum absolute atomic E-state index is 0.0910. The van der Waals surface area contributed by atoms with Gasteiger partial charge in [0.2, 0.25) is 0 Å². The Labute approximate surface area is 316 Å². The number of aryl methyl sites for hydroxylation is 3. The van der Waals surface area contributed by atoms with Crippen LogP contribution in [0.5, 0.6) is 0 Å². The lowest BCUT2D eigenvalue weighted by molar-refractivity contribution is -0.697. The third-order valence-corrected chi connectivity index (χ3v) is 8.90. The smallest absolute Gasteiger partial charge is 0.352 e. The number of nitrogens with zero attached hydrogens (tertiary/aromatic N) is 6. The molecule has 3 atom stereocenters. The fourth-order valence-corrected chi connectivity index (χ4v) is 6.21. The second-order valence-corrected chi connectivity index (χ2v) is 13.1. The molecule has 0 N–H and O–H groups in total. The molecule has 55 heavy (non-hydrogen) atoms. The number of pyridine rings is 2. The summed E-state index contributed by atoms with van der Waals surface area (Å²) in [5.74, 6) is -3.19. The Bertz CT molecular complexity index is 2290. The quantitative estimate of drug-likeness (QED) is 0.0499. The van der Waals surface area contributed by atoms with Crippen molar-refractivity contribution in [1.29, 1.82) is 0 Å². The van der Waals surface area contributed by atoms with Gasteiger partial charge in [0.25, 0.3) is 5.56 Å². The van der Waals surface area contributed by atoms with Gasteiger partial charge in [-0.25, -0.2) is 14.3 Å². The highest BCUT2D eigenvalue weighted by Gasteiger charge is 2.39. The molecule has 0 saturated heterocycles. The third-order valence-electron chi connectivity index (χ3n) is 8.90. The average Bonchev–Trinajstić information content (AvgIpc) is 3.13. The monoisotopic (exact) mass is 755 g/mol. The van der Waals surface area contributed by atoms with Gasteiger partial charge >= 0.3 is 29.6 Å². The Kier molecular flexibility index (Phi) is 12.8. The number of aromatic nitrogens is 6. The second kappa shape index (κ2) is 17.7. The number of benzene rings is 1. The van der Waals surface area contributed by atoms with Crippen LogP contribution < -0.4 is 15.8 Å². The number of rotatable bonds is 15. The van der Waals surface area contributed by atoms with Gasteiger partial charge in [0.1, 0.15) is 13.2 Å². The van der Waals surface area contributed by atoms with Crippen LogP contribution in [0.2, 0.25) is 0 Å². The summed E-state index contributed by atoms with van der Waals surface area (Å²) in [6.45, 7) is 8.10. The van der Waals surface area contributed by atoms with E-state index in [1.165, 1.54) is 4.57 Å². The lowest BCUT2D eigenvalue weighted by Crippen LogP contribution is -2.49. The Balaban J connectivity index is 1.51. The number of fused-ring (bicyclic) bond motifs is 2. The van der Waals surface area contributed by atoms with E-state index in [1.54, 1.807) is 24.5 Å². The van der Waals surface area contributed by atoms with Crippen molar-refractivity contribution in [2.45, 2.75) is 92.3 Å². The van der Waals surface area contributed by atoms with Crippen LogP contribution in [0.3, 0.4) is 0 Å². The largest absolute Gasteiger partial charge is 0.462 e. The number of hydrogen-bond acceptors (Lipinski definition) is 13. The van der Waals surface area contributed by atoms with Gasteiger partial charge in [-0.15, -0.1) is 0 Å². The molecule has 0 saturated carbocycles. The highest BCUT2D eigenvalue weighted by atomic mass is 16.6. The zero-order chi connectivity index (χ0) is 39.8. The van der Waals surface area contributed by atoms with Gasteiger partial charge in [0.05, 0.1) is 17.6 Å². The maximum atomic E-state index is 14.0. The van der Waals surface area contributed by atoms with Crippen LogP contribution in [0.1, 0.15) is 51.7 Å². The molecular formula is C39H43N6O10+. The van der Waals surface area contributed by atoms with Gasteiger partial charge in [0.15, 0.2) is 42.2 Å². The summed E-state index contributed by atoms with van der Waals surface area (Å²) in [4.78, 5) is 89.4. The summed E-state index contributed by atoms with van der Waals surface area (Å²) in [6, 6.07) is 11.4. The van der Waals surface area contributed by atoms with Crippen LogP contribution in [0, 0.1) is 13.8 Å². The third kappa shape index (κ3) is 10.0. The molecule has 0 aliphatic carbocycles. The van der Waals surface area contributed by atoms with Crippen molar-refractivity contribution in [2.75, 3.05) is 6.61 Å². The minimum atomic E-state index is -1.50. The standard InChI is InChI=1S/C39H43N6O10/c1-23-19-31-32(20-24(23)2)45(21-33(53-26(4)47)36(55-28(6)49)34(54-27(5)48)22-52-25(3)46)37-35(41-31)38(50)44(39(51)42-37)16-8-7-15-43-17-11-30(12-18-43)29-9-13-40-14-10-29/h9-14,17-20,33-34,36H,7-8,15-16,21-22H2,1-6H3/q+1. The lowest BCUT2D eigenvalue weighted by atomic mass is 10.1. The summed E-state index contributed by atoms with van der Waals surface area (Å²) < 4.78 is 26.3. The molecular weight excluding hydrogens is 712 g/mol. The van der Waals surface area contributed by atoms with E-state index in [1.807, 2.05) is 55.1 Å². The molecule has 288 valence electrons. The van der Waals surface area contributed by atoms with Gasteiger partial charge < -0.3 is 23.5 Å². The van der Waals surface area contributed by atoms with Crippen molar-refractivity contribution in [3.05, 3.63) is 93.2 Å². The molecule has 5 rings (SSSR count). The first-order valence-corrected chi connectivity index (χ1v) is 17.7. The predicted molar refractivity (Wildman–Crippen MR) is 197 cm³/mol. The Morgan fingerprint density at radius 3 is 2.00 bits per heavy atom. The molecule has 3 unspecified atom stereocenters. The topological polar surface area (TPSA) is 192 Å². The second-order valence-electron chi connectivity index (χ2n) is 13.1. The molecule has 1 aromatic carbocycles. The van der Waals surface area contributed by atoms with Crippen LogP contribution in [0.25, 0.3) is 33.7 Å². The average molecular weight is 756 g/mol. The van der Waals surface area contributed by atoms with E-state index in [0.29, 0.717) is 30.4 Å².